The van der Waals surface area contributed by atoms with E-state index in [0.717, 1.165) is 11.0 Å². The largest absolute Gasteiger partial charge is 0.478 e. The van der Waals surface area contributed by atoms with Gasteiger partial charge in [0.25, 0.3) is 0 Å². The van der Waals surface area contributed by atoms with Crippen LogP contribution in [0.25, 0.3) is 11.0 Å². The molecule has 2 aromatic heterocycles. The number of nitrogens with zero attached hydrogens (tertiary/aromatic N) is 4. The minimum Gasteiger partial charge on any atom is -0.478 e. The number of thiazole rings is 1. The van der Waals surface area contributed by atoms with Crippen molar-refractivity contribution in [3.63, 3.8) is 0 Å². The first-order valence-corrected chi connectivity index (χ1v) is 6.89. The van der Waals surface area contributed by atoms with E-state index in [1.807, 2.05) is 34.8 Å². The number of imidazole rings is 1. The van der Waals surface area contributed by atoms with Crippen molar-refractivity contribution in [2.45, 2.75) is 19.4 Å². The first-order chi connectivity index (χ1) is 9.54. The van der Waals surface area contributed by atoms with E-state index < -0.39 is 5.97 Å². The summed E-state index contributed by atoms with van der Waals surface area (Å²) in [6.07, 6.45) is 4.85. The Bertz CT molecular complexity index is 695. The molecule has 2 aromatic rings. The smallest absolute Gasteiger partial charge is 0.328 e. The lowest BCUT2D eigenvalue weighted by atomic mass is 10.2. The zero-order chi connectivity index (χ0) is 14.7. The third-order valence-electron chi connectivity index (χ3n) is 3.05. The second-order valence-corrected chi connectivity index (χ2v) is 5.24. The van der Waals surface area contributed by atoms with Gasteiger partial charge in [-0.05, 0) is 13.0 Å². The molecular weight excluding hydrogens is 276 g/mol. The van der Waals surface area contributed by atoms with E-state index in [2.05, 4.69) is 11.1 Å². The molecule has 2 heterocycles. The predicted octanol–water partition coefficient (Wildman–Crippen LogP) is 2.23. The summed E-state index contributed by atoms with van der Waals surface area (Å²) in [7, 11) is 1.85. The summed E-state index contributed by atoms with van der Waals surface area (Å²) >= 11 is 1.48. The van der Waals surface area contributed by atoms with Crippen LogP contribution >= 0.6 is 11.3 Å². The molecule has 104 valence electrons. The molecule has 0 aliphatic rings. The van der Waals surface area contributed by atoms with E-state index in [9.17, 15) is 4.79 Å². The number of aliphatic carboxylic acids is 1. The van der Waals surface area contributed by atoms with E-state index in [1.165, 1.54) is 17.4 Å². The lowest BCUT2D eigenvalue weighted by Crippen LogP contribution is -2.29. The third kappa shape index (κ3) is 2.65. The maximum Gasteiger partial charge on any atom is 0.328 e. The second kappa shape index (κ2) is 5.75. The summed E-state index contributed by atoms with van der Waals surface area (Å²) < 4.78 is 1.84. The highest BCUT2D eigenvalue weighted by atomic mass is 32.1. The average Bonchev–Trinajstić information content (AvgIpc) is 2.96. The molecule has 0 aliphatic heterocycles. The lowest BCUT2D eigenvalue weighted by molar-refractivity contribution is -0.131. The standard InChI is InChI=1S/C13H14N4O2S/c1-9(5-6-14)16(2)12-10(3-4-11(18)19)17-7-8-20-13(17)15-12/h3-4,7-9H,5H2,1-2H3,(H,18,19). The van der Waals surface area contributed by atoms with Crippen LogP contribution in [0, 0.1) is 11.3 Å². The van der Waals surface area contributed by atoms with Crippen molar-refractivity contribution >= 4 is 34.2 Å². The van der Waals surface area contributed by atoms with Gasteiger partial charge in [-0.3, -0.25) is 4.40 Å². The molecule has 1 atom stereocenters. The number of rotatable bonds is 5. The Hall–Kier alpha value is -2.33. The Labute approximate surface area is 120 Å². The highest BCUT2D eigenvalue weighted by molar-refractivity contribution is 7.15. The Balaban J connectivity index is 2.46. The van der Waals surface area contributed by atoms with E-state index in [-0.39, 0.29) is 6.04 Å². The predicted molar refractivity (Wildman–Crippen MR) is 77.8 cm³/mol. The zero-order valence-corrected chi connectivity index (χ0v) is 12.0. The SMILES string of the molecule is CC(CC#N)N(C)c1nc2sccn2c1C=CC(=O)O. The molecule has 1 unspecified atom stereocenters. The average molecular weight is 290 g/mol. The highest BCUT2D eigenvalue weighted by Crippen LogP contribution is 2.26. The Morgan fingerprint density at radius 2 is 2.50 bits per heavy atom. The van der Waals surface area contributed by atoms with Crippen molar-refractivity contribution in [3.05, 3.63) is 23.3 Å². The Morgan fingerprint density at radius 1 is 1.75 bits per heavy atom. The maximum absolute atomic E-state index is 10.7. The molecule has 0 spiro atoms. The molecule has 7 heteroatoms. The number of hydrogen-bond donors (Lipinski definition) is 1. The van der Waals surface area contributed by atoms with Gasteiger partial charge < -0.3 is 10.0 Å². The molecule has 20 heavy (non-hydrogen) atoms. The van der Waals surface area contributed by atoms with Gasteiger partial charge >= 0.3 is 5.97 Å². The summed E-state index contributed by atoms with van der Waals surface area (Å²) in [6, 6.07) is 2.13. The molecule has 0 saturated heterocycles. The molecule has 1 N–H and O–H groups in total. The van der Waals surface area contributed by atoms with Crippen LogP contribution in [0.3, 0.4) is 0 Å². The van der Waals surface area contributed by atoms with Crippen LogP contribution in [0.15, 0.2) is 17.7 Å². The quantitative estimate of drug-likeness (QED) is 0.854. The van der Waals surface area contributed by atoms with Crippen LogP contribution in [0.5, 0.6) is 0 Å². The van der Waals surface area contributed by atoms with Crippen molar-refractivity contribution in [1.29, 1.82) is 5.26 Å². The molecular formula is C13H14N4O2S. The van der Waals surface area contributed by atoms with E-state index in [4.69, 9.17) is 10.4 Å². The second-order valence-electron chi connectivity index (χ2n) is 4.37. The van der Waals surface area contributed by atoms with Gasteiger partial charge in [-0.2, -0.15) is 5.26 Å². The van der Waals surface area contributed by atoms with Crippen molar-refractivity contribution < 1.29 is 9.90 Å². The number of nitriles is 1. The number of carbonyl (C=O) groups is 1. The normalized spacial score (nSPS) is 12.7. The minimum absolute atomic E-state index is 0.00147. The van der Waals surface area contributed by atoms with Gasteiger partial charge in [0.05, 0.1) is 18.2 Å². The fourth-order valence-electron chi connectivity index (χ4n) is 1.83. The van der Waals surface area contributed by atoms with Gasteiger partial charge in [0, 0.05) is 30.7 Å². The summed E-state index contributed by atoms with van der Waals surface area (Å²) in [6.45, 7) is 1.93. The Morgan fingerprint density at radius 3 is 3.15 bits per heavy atom. The summed E-state index contributed by atoms with van der Waals surface area (Å²) in [5.74, 6) is -0.328. The topological polar surface area (TPSA) is 81.6 Å². The number of carboxylic acid groups (broad SMARTS) is 1. The molecule has 0 radical (unpaired) electrons. The number of hydrogen-bond acceptors (Lipinski definition) is 5. The first kappa shape index (κ1) is 14.1. The fourth-order valence-corrected chi connectivity index (χ4v) is 2.55. The zero-order valence-electron chi connectivity index (χ0n) is 11.1. The van der Waals surface area contributed by atoms with Crippen LogP contribution in [0.1, 0.15) is 19.0 Å². The summed E-state index contributed by atoms with van der Waals surface area (Å²) in [5, 5.41) is 19.5. The van der Waals surface area contributed by atoms with Crippen LogP contribution < -0.4 is 4.90 Å². The first-order valence-electron chi connectivity index (χ1n) is 6.01. The van der Waals surface area contributed by atoms with Crippen LogP contribution in [-0.2, 0) is 4.79 Å². The van der Waals surface area contributed by atoms with Gasteiger partial charge in [-0.1, -0.05) is 0 Å². The van der Waals surface area contributed by atoms with Gasteiger partial charge in [0.15, 0.2) is 10.8 Å². The number of fused-ring (bicyclic) bond motifs is 1. The van der Waals surface area contributed by atoms with Crippen molar-refractivity contribution in [3.8, 4) is 6.07 Å². The van der Waals surface area contributed by atoms with Crippen molar-refractivity contribution in [2.75, 3.05) is 11.9 Å². The van der Waals surface area contributed by atoms with Gasteiger partial charge in [0.1, 0.15) is 0 Å². The fraction of sp³-hybridized carbons (Fsp3) is 0.308. The van der Waals surface area contributed by atoms with E-state index in [1.54, 1.807) is 0 Å². The lowest BCUT2D eigenvalue weighted by Gasteiger charge is -2.23. The molecule has 6 nitrogen and oxygen atoms in total. The molecule has 2 rings (SSSR count). The van der Waals surface area contributed by atoms with Crippen LogP contribution in [0.2, 0.25) is 0 Å². The van der Waals surface area contributed by atoms with Crippen molar-refractivity contribution in [2.24, 2.45) is 0 Å². The minimum atomic E-state index is -1.01. The van der Waals surface area contributed by atoms with Crippen LogP contribution in [-0.4, -0.2) is 33.6 Å². The molecule has 0 aliphatic carbocycles. The van der Waals surface area contributed by atoms with E-state index >= 15 is 0 Å². The maximum atomic E-state index is 10.7. The van der Waals surface area contributed by atoms with Gasteiger partial charge in [-0.15, -0.1) is 11.3 Å². The highest BCUT2D eigenvalue weighted by Gasteiger charge is 2.18. The molecule has 0 bridgehead atoms. The molecule has 0 amide bonds. The summed E-state index contributed by atoms with van der Waals surface area (Å²) in [4.78, 5) is 17.9. The number of anilines is 1. The molecule has 0 aromatic carbocycles. The van der Waals surface area contributed by atoms with Gasteiger partial charge in [-0.25, -0.2) is 9.78 Å². The summed E-state index contributed by atoms with van der Waals surface area (Å²) in [5.41, 5.74) is 0.705. The van der Waals surface area contributed by atoms with Crippen molar-refractivity contribution in [1.82, 2.24) is 9.38 Å². The van der Waals surface area contributed by atoms with Crippen LogP contribution in [0.4, 0.5) is 5.82 Å². The van der Waals surface area contributed by atoms with Gasteiger partial charge in [0.2, 0.25) is 0 Å². The Kier molecular flexibility index (Phi) is 4.05. The molecule has 0 saturated carbocycles. The number of carboxylic acids is 1. The monoisotopic (exact) mass is 290 g/mol. The number of aromatic nitrogens is 2. The third-order valence-corrected chi connectivity index (χ3v) is 3.80. The van der Waals surface area contributed by atoms with E-state index in [0.29, 0.717) is 17.9 Å². The molecule has 0 fully saturated rings.